The number of piperidine rings is 1. The molecule has 0 atom stereocenters. The van der Waals surface area contributed by atoms with Crippen LogP contribution in [0.15, 0.2) is 30.5 Å². The van der Waals surface area contributed by atoms with Gasteiger partial charge < -0.3 is 10.1 Å². The second-order valence-electron chi connectivity index (χ2n) is 7.16. The lowest BCUT2D eigenvalue weighted by Crippen LogP contribution is -2.48. The minimum absolute atomic E-state index is 0.0666. The Labute approximate surface area is 159 Å². The quantitative estimate of drug-likeness (QED) is 0.801. The molecule has 4 rings (SSSR count). The van der Waals surface area contributed by atoms with Gasteiger partial charge in [-0.25, -0.2) is 9.97 Å². The molecule has 1 spiro atoms. The third-order valence-corrected chi connectivity index (χ3v) is 5.73. The first-order chi connectivity index (χ1) is 12.9. The maximum atomic E-state index is 11.2. The number of rotatable bonds is 4. The molecule has 1 saturated heterocycles. The molecular formula is C19H23N3O4S. The zero-order valence-corrected chi connectivity index (χ0v) is 16.1. The smallest absolute Gasteiger partial charge is 0.264 e. The van der Waals surface area contributed by atoms with Crippen LogP contribution in [0, 0.1) is 0 Å². The van der Waals surface area contributed by atoms with Gasteiger partial charge in [0.25, 0.3) is 10.1 Å². The fraction of sp³-hybridized carbons (Fsp3) is 0.474. The fourth-order valence-electron chi connectivity index (χ4n) is 3.77. The van der Waals surface area contributed by atoms with Crippen molar-refractivity contribution in [3.8, 4) is 17.1 Å². The average molecular weight is 389 g/mol. The van der Waals surface area contributed by atoms with Gasteiger partial charge in [-0.1, -0.05) is 12.1 Å². The number of benzene rings is 1. The lowest BCUT2D eigenvalue weighted by Gasteiger charge is -2.42. The highest BCUT2D eigenvalue weighted by Gasteiger charge is 2.38. The van der Waals surface area contributed by atoms with Crippen LogP contribution >= 0.6 is 0 Å². The van der Waals surface area contributed by atoms with Crippen LogP contribution in [0.1, 0.15) is 30.5 Å². The Balaban J connectivity index is 1.62. The molecule has 144 valence electrons. The van der Waals surface area contributed by atoms with Crippen molar-refractivity contribution in [1.29, 1.82) is 0 Å². The van der Waals surface area contributed by atoms with Crippen molar-refractivity contribution in [2.75, 3.05) is 19.3 Å². The summed E-state index contributed by atoms with van der Waals surface area (Å²) in [6, 6.07) is 7.61. The summed E-state index contributed by atoms with van der Waals surface area (Å²) in [5.41, 5.74) is 2.50. The van der Waals surface area contributed by atoms with Gasteiger partial charge in [0.1, 0.15) is 18.0 Å². The Bertz CT molecular complexity index is 940. The molecule has 27 heavy (non-hydrogen) atoms. The van der Waals surface area contributed by atoms with Gasteiger partial charge in [-0.05, 0) is 50.9 Å². The normalized spacial score (nSPS) is 18.7. The van der Waals surface area contributed by atoms with Crippen LogP contribution in [0.4, 0.5) is 0 Å². The summed E-state index contributed by atoms with van der Waals surface area (Å²) in [6.07, 6.45) is 6.59. The zero-order valence-electron chi connectivity index (χ0n) is 15.3. The number of nitrogens with one attached hydrogen (secondary N) is 1. The lowest BCUT2D eigenvalue weighted by molar-refractivity contribution is 0.0171. The van der Waals surface area contributed by atoms with Gasteiger partial charge >= 0.3 is 0 Å². The molecule has 2 aliphatic heterocycles. The summed E-state index contributed by atoms with van der Waals surface area (Å²) in [6.45, 7) is 1.87. The number of fused-ring (bicyclic) bond motifs is 1. The molecule has 1 fully saturated rings. The molecular weight excluding hydrogens is 366 g/mol. The molecule has 2 aliphatic rings. The number of nitrogens with zero attached hydrogens (tertiary/aromatic N) is 2. The summed E-state index contributed by atoms with van der Waals surface area (Å²) < 4.78 is 33.7. The van der Waals surface area contributed by atoms with Crippen molar-refractivity contribution >= 4 is 10.1 Å². The first-order valence-corrected chi connectivity index (χ1v) is 10.9. The minimum atomic E-state index is -3.52. The average Bonchev–Trinajstić information content (AvgIpc) is 2.66. The van der Waals surface area contributed by atoms with Crippen molar-refractivity contribution in [2.24, 2.45) is 0 Å². The topological polar surface area (TPSA) is 90.4 Å². The van der Waals surface area contributed by atoms with E-state index in [0.29, 0.717) is 11.5 Å². The van der Waals surface area contributed by atoms with Crippen molar-refractivity contribution in [3.63, 3.8) is 0 Å². The first kappa shape index (κ1) is 18.3. The molecule has 2 aromatic rings. The number of hydrogen-bond acceptors (Lipinski definition) is 7. The Morgan fingerprint density at radius 2 is 2.04 bits per heavy atom. The molecule has 0 bridgehead atoms. The van der Waals surface area contributed by atoms with E-state index in [1.54, 1.807) is 12.3 Å². The van der Waals surface area contributed by atoms with Crippen LogP contribution in [0.5, 0.6) is 5.75 Å². The fourth-order valence-corrected chi connectivity index (χ4v) is 4.11. The summed E-state index contributed by atoms with van der Waals surface area (Å²) in [7, 11) is -3.52. The number of hydrogen-bond donors (Lipinski definition) is 1. The Morgan fingerprint density at radius 3 is 2.81 bits per heavy atom. The van der Waals surface area contributed by atoms with Crippen molar-refractivity contribution in [3.05, 3.63) is 41.7 Å². The van der Waals surface area contributed by atoms with E-state index < -0.39 is 10.1 Å². The lowest BCUT2D eigenvalue weighted by atomic mass is 9.82. The van der Waals surface area contributed by atoms with E-state index in [9.17, 15) is 8.42 Å². The zero-order chi connectivity index (χ0) is 18.9. The molecule has 0 unspecified atom stereocenters. The molecule has 1 aromatic carbocycles. The van der Waals surface area contributed by atoms with E-state index >= 15 is 0 Å². The van der Waals surface area contributed by atoms with Gasteiger partial charge in [-0.2, -0.15) is 8.42 Å². The molecule has 1 aromatic heterocycles. The second-order valence-corrected chi connectivity index (χ2v) is 8.80. The Kier molecular flexibility index (Phi) is 4.88. The molecule has 3 heterocycles. The Morgan fingerprint density at radius 1 is 1.22 bits per heavy atom. The standard InChI is InChI=1S/C19H23N3O4S/c1-27(23,24)25-13-14-6-10-21-18(22-14)16-3-2-4-17-15(16)5-7-19(26-17)8-11-20-12-9-19/h2-4,6,10,20H,5,7-9,11-13H2,1H3. The third kappa shape index (κ3) is 4.12. The predicted molar refractivity (Wildman–Crippen MR) is 101 cm³/mol. The molecule has 1 N–H and O–H groups in total. The maximum absolute atomic E-state index is 11.2. The van der Waals surface area contributed by atoms with Gasteiger partial charge in [-0.15, -0.1) is 0 Å². The maximum Gasteiger partial charge on any atom is 0.264 e. The minimum Gasteiger partial charge on any atom is -0.487 e. The molecule has 7 nitrogen and oxygen atoms in total. The van der Waals surface area contributed by atoms with Gasteiger partial charge in [0.2, 0.25) is 0 Å². The molecule has 0 amide bonds. The molecule has 0 saturated carbocycles. The van der Waals surface area contributed by atoms with Crippen molar-refractivity contribution < 1.29 is 17.3 Å². The third-order valence-electron chi connectivity index (χ3n) is 5.18. The summed E-state index contributed by atoms with van der Waals surface area (Å²) in [5, 5.41) is 3.39. The van der Waals surface area contributed by atoms with Gasteiger partial charge in [0, 0.05) is 17.3 Å². The van der Waals surface area contributed by atoms with Crippen LogP contribution in [-0.2, 0) is 27.3 Å². The van der Waals surface area contributed by atoms with Crippen molar-refractivity contribution in [2.45, 2.75) is 37.9 Å². The summed E-state index contributed by atoms with van der Waals surface area (Å²) >= 11 is 0. The number of ether oxygens (including phenoxy) is 1. The second kappa shape index (κ2) is 7.18. The molecule has 0 radical (unpaired) electrons. The Hall–Kier alpha value is -2.03. The van der Waals surface area contributed by atoms with Crippen LogP contribution < -0.4 is 10.1 Å². The van der Waals surface area contributed by atoms with Gasteiger partial charge in [0.15, 0.2) is 5.82 Å². The highest BCUT2D eigenvalue weighted by atomic mass is 32.2. The van der Waals surface area contributed by atoms with Crippen molar-refractivity contribution in [1.82, 2.24) is 15.3 Å². The van der Waals surface area contributed by atoms with Crippen LogP contribution in [-0.4, -0.2) is 43.3 Å². The van der Waals surface area contributed by atoms with Crippen LogP contribution in [0.2, 0.25) is 0 Å². The molecule has 0 aliphatic carbocycles. The van der Waals surface area contributed by atoms with Gasteiger partial charge in [-0.3, -0.25) is 4.18 Å². The number of aromatic nitrogens is 2. The first-order valence-electron chi connectivity index (χ1n) is 9.13. The van der Waals surface area contributed by atoms with E-state index in [2.05, 4.69) is 15.3 Å². The highest BCUT2D eigenvalue weighted by Crippen LogP contribution is 2.41. The highest BCUT2D eigenvalue weighted by molar-refractivity contribution is 7.85. The van der Waals surface area contributed by atoms with E-state index in [1.165, 1.54) is 0 Å². The summed E-state index contributed by atoms with van der Waals surface area (Å²) in [4.78, 5) is 8.88. The van der Waals surface area contributed by atoms with Gasteiger partial charge in [0.05, 0.1) is 11.9 Å². The largest absolute Gasteiger partial charge is 0.487 e. The van der Waals surface area contributed by atoms with Crippen LogP contribution in [0.25, 0.3) is 11.4 Å². The SMILES string of the molecule is CS(=O)(=O)OCc1ccnc(-c2cccc3c2CCC2(CCNCC2)O3)n1. The summed E-state index contributed by atoms with van der Waals surface area (Å²) in [5.74, 6) is 1.47. The molecule has 8 heteroatoms. The predicted octanol–water partition coefficient (Wildman–Crippen LogP) is 2.07. The van der Waals surface area contributed by atoms with E-state index in [1.807, 2.05) is 18.2 Å². The van der Waals surface area contributed by atoms with E-state index in [0.717, 1.165) is 61.9 Å². The monoisotopic (exact) mass is 389 g/mol. The van der Waals surface area contributed by atoms with Crippen LogP contribution in [0.3, 0.4) is 0 Å². The van der Waals surface area contributed by atoms with E-state index in [4.69, 9.17) is 8.92 Å². The van der Waals surface area contributed by atoms with E-state index in [-0.39, 0.29) is 12.2 Å².